The van der Waals surface area contributed by atoms with Crippen molar-refractivity contribution in [3.8, 4) is 0 Å². The second kappa shape index (κ2) is 22.0. The number of carbonyl (C=O) groups is 1. The van der Waals surface area contributed by atoms with Gasteiger partial charge in [0.1, 0.15) is 0 Å². The molecule has 1 unspecified atom stereocenters. The average Bonchev–Trinajstić information content (AvgIpc) is 2.71. The van der Waals surface area contributed by atoms with E-state index in [1.54, 1.807) is 0 Å². The molecule has 0 spiro atoms. The maximum absolute atomic E-state index is 11.8. The summed E-state index contributed by atoms with van der Waals surface area (Å²) in [7, 11) is 0. The summed E-state index contributed by atoms with van der Waals surface area (Å²) in [6, 6.07) is 0. The second-order valence-corrected chi connectivity index (χ2v) is 8.51. The monoisotopic (exact) mass is 430 g/mol. The third kappa shape index (κ3) is 20.4. The van der Waals surface area contributed by atoms with Crippen LogP contribution in [0.15, 0.2) is 0 Å². The highest BCUT2D eigenvalue weighted by Gasteiger charge is 2.19. The van der Waals surface area contributed by atoms with E-state index in [1.807, 2.05) is 0 Å². The lowest BCUT2D eigenvalue weighted by Crippen LogP contribution is -2.26. The first kappa shape index (κ1) is 28.3. The fraction of sp³-hybridized carbons (Fsp3) is 0.917. The van der Waals surface area contributed by atoms with Crippen LogP contribution in [-0.2, 0) is 14.3 Å². The van der Waals surface area contributed by atoms with Crippen LogP contribution in [0.4, 0.5) is 0 Å². The van der Waals surface area contributed by atoms with Crippen molar-refractivity contribution in [1.29, 1.82) is 0 Å². The van der Waals surface area contributed by atoms with Crippen LogP contribution in [0, 0.1) is 0 Å². The number of ether oxygens (including phenoxy) is 2. The summed E-state index contributed by atoms with van der Waals surface area (Å²) in [5, 5.41) is 10.2. The molecule has 0 fully saturated rings. The van der Waals surface area contributed by atoms with Gasteiger partial charge in [0.05, 0.1) is 19.6 Å². The summed E-state index contributed by atoms with van der Waals surface area (Å²) in [4.78, 5) is 11.8. The highest BCUT2D eigenvalue weighted by atomic mass is 32.1. The first-order valence-corrected chi connectivity index (χ1v) is 12.5. The molecule has 0 bridgehead atoms. The molecule has 0 aromatic heterocycles. The van der Waals surface area contributed by atoms with Gasteiger partial charge < -0.3 is 14.6 Å². The average molecular weight is 431 g/mol. The molecular weight excluding hydrogens is 384 g/mol. The molecule has 29 heavy (non-hydrogen) atoms. The van der Waals surface area contributed by atoms with E-state index < -0.39 is 12.1 Å². The molecule has 1 N–H and O–H groups in total. The molecule has 0 radical (unpaired) electrons. The molecule has 0 aromatic rings. The summed E-state index contributed by atoms with van der Waals surface area (Å²) in [6.45, 7) is 5.39. The minimum atomic E-state index is -1.21. The van der Waals surface area contributed by atoms with Crippen molar-refractivity contribution < 1.29 is 19.4 Å². The lowest BCUT2D eigenvalue weighted by molar-refractivity contribution is -0.153. The number of esters is 1. The van der Waals surface area contributed by atoms with Gasteiger partial charge in [-0.05, 0) is 25.1 Å². The van der Waals surface area contributed by atoms with Gasteiger partial charge in [0.25, 0.3) is 0 Å². The van der Waals surface area contributed by atoms with Crippen LogP contribution in [0.3, 0.4) is 0 Å². The Bertz CT molecular complexity index is 387. The number of aliphatic hydroxyl groups excluding tert-OH is 1. The topological polar surface area (TPSA) is 55.8 Å². The van der Waals surface area contributed by atoms with Gasteiger partial charge in [-0.25, -0.2) is 4.79 Å². The van der Waals surface area contributed by atoms with Gasteiger partial charge in [-0.15, -0.1) is 0 Å². The van der Waals surface area contributed by atoms with E-state index in [-0.39, 0.29) is 6.42 Å². The zero-order chi connectivity index (χ0) is 21.6. The van der Waals surface area contributed by atoms with Crippen molar-refractivity contribution in [1.82, 2.24) is 0 Å². The highest BCUT2D eigenvalue weighted by Crippen LogP contribution is 2.10. The fourth-order valence-corrected chi connectivity index (χ4v) is 3.47. The molecule has 0 aliphatic rings. The van der Waals surface area contributed by atoms with E-state index in [4.69, 9.17) is 21.7 Å². The number of hydrogen-bond acceptors (Lipinski definition) is 5. The Morgan fingerprint density at radius 2 is 1.07 bits per heavy atom. The number of thiocarbonyl (C=S) groups is 1. The molecule has 5 heteroatoms. The zero-order valence-electron chi connectivity index (χ0n) is 19.1. The highest BCUT2D eigenvalue weighted by molar-refractivity contribution is 7.80. The Morgan fingerprint density at radius 1 is 0.690 bits per heavy atom. The third-order valence-corrected chi connectivity index (χ3v) is 5.42. The smallest absolute Gasteiger partial charge is 0.335 e. The number of rotatable bonds is 21. The Balaban J connectivity index is 3.50. The van der Waals surface area contributed by atoms with Crippen LogP contribution in [-0.4, -0.2) is 35.4 Å². The van der Waals surface area contributed by atoms with Gasteiger partial charge in [0, 0.05) is 0 Å². The minimum absolute atomic E-state index is 0.0443. The van der Waals surface area contributed by atoms with E-state index in [9.17, 15) is 9.90 Å². The van der Waals surface area contributed by atoms with Crippen LogP contribution in [0.2, 0.25) is 0 Å². The molecule has 0 aromatic carbocycles. The Morgan fingerprint density at radius 3 is 1.52 bits per heavy atom. The first-order valence-electron chi connectivity index (χ1n) is 12.1. The van der Waals surface area contributed by atoms with E-state index >= 15 is 0 Å². The molecule has 172 valence electrons. The molecule has 0 amide bonds. The molecular formula is C24H46O4S. The summed E-state index contributed by atoms with van der Waals surface area (Å²) in [6.07, 6.45) is 18.3. The van der Waals surface area contributed by atoms with Gasteiger partial charge >= 0.3 is 5.97 Å². The predicted molar refractivity (Wildman–Crippen MR) is 125 cm³/mol. The summed E-state index contributed by atoms with van der Waals surface area (Å²) in [5.74, 6) is -0.592. The summed E-state index contributed by atoms with van der Waals surface area (Å²) >= 11 is 5.12. The van der Waals surface area contributed by atoms with Crippen molar-refractivity contribution >= 4 is 23.2 Å². The van der Waals surface area contributed by atoms with Gasteiger partial charge in [-0.3, -0.25) is 0 Å². The van der Waals surface area contributed by atoms with Gasteiger partial charge in [0.2, 0.25) is 0 Å². The Kier molecular flexibility index (Phi) is 21.5. The number of unbranched alkanes of at least 4 members (excludes halogenated alkanes) is 14. The zero-order valence-corrected chi connectivity index (χ0v) is 19.9. The van der Waals surface area contributed by atoms with Crippen molar-refractivity contribution in [3.63, 3.8) is 0 Å². The summed E-state index contributed by atoms with van der Waals surface area (Å²) < 4.78 is 10.6. The van der Waals surface area contributed by atoms with E-state index in [0.29, 0.717) is 18.3 Å². The standard InChI is InChI=1S/C24H46O4S/c1-3-5-7-9-11-13-15-17-19-27-23(29)21-22(25)24(26)28-20-18-16-14-12-10-8-6-4-2/h22,25H,3-21H2,1-2H3. The maximum atomic E-state index is 11.8. The van der Waals surface area contributed by atoms with E-state index in [2.05, 4.69) is 13.8 Å². The number of carbonyl (C=O) groups excluding carboxylic acids is 1. The molecule has 0 aliphatic heterocycles. The van der Waals surface area contributed by atoms with Crippen LogP contribution in [0.5, 0.6) is 0 Å². The molecule has 1 atom stereocenters. The Hall–Kier alpha value is -0.680. The van der Waals surface area contributed by atoms with Gasteiger partial charge in [-0.2, -0.15) is 0 Å². The van der Waals surface area contributed by atoms with Crippen molar-refractivity contribution in [2.45, 2.75) is 129 Å². The molecule has 0 saturated carbocycles. The Labute approximate surface area is 185 Å². The van der Waals surface area contributed by atoms with Gasteiger partial charge in [-0.1, -0.05) is 104 Å². The largest absolute Gasteiger partial charge is 0.487 e. The second-order valence-electron chi connectivity index (χ2n) is 8.06. The minimum Gasteiger partial charge on any atom is -0.487 e. The van der Waals surface area contributed by atoms with Crippen LogP contribution in [0.25, 0.3) is 0 Å². The normalized spacial score (nSPS) is 12.0. The van der Waals surface area contributed by atoms with Crippen molar-refractivity contribution in [2.24, 2.45) is 0 Å². The SMILES string of the molecule is CCCCCCCCCCOC(=O)C(O)CC(=S)OCCCCCCCCCC. The van der Waals surface area contributed by atoms with Crippen LogP contribution in [0.1, 0.15) is 123 Å². The van der Waals surface area contributed by atoms with E-state index in [0.717, 1.165) is 25.7 Å². The maximum Gasteiger partial charge on any atom is 0.335 e. The van der Waals surface area contributed by atoms with Gasteiger partial charge in [0.15, 0.2) is 11.2 Å². The molecule has 0 saturated heterocycles. The number of hydrogen-bond donors (Lipinski definition) is 1. The predicted octanol–water partition coefficient (Wildman–Crippen LogP) is 6.91. The van der Waals surface area contributed by atoms with Crippen molar-refractivity contribution in [3.05, 3.63) is 0 Å². The molecule has 0 aliphatic carbocycles. The lowest BCUT2D eigenvalue weighted by atomic mass is 10.1. The number of aliphatic hydroxyl groups is 1. The van der Waals surface area contributed by atoms with E-state index in [1.165, 1.54) is 77.0 Å². The molecule has 0 rings (SSSR count). The summed E-state index contributed by atoms with van der Waals surface area (Å²) in [5.41, 5.74) is 0. The van der Waals surface area contributed by atoms with Crippen LogP contribution < -0.4 is 0 Å². The quantitative estimate of drug-likeness (QED) is 0.122. The molecule has 0 heterocycles. The fourth-order valence-electron chi connectivity index (χ4n) is 3.23. The van der Waals surface area contributed by atoms with Crippen molar-refractivity contribution in [2.75, 3.05) is 13.2 Å². The third-order valence-electron chi connectivity index (χ3n) is 5.14. The van der Waals surface area contributed by atoms with Crippen LogP contribution >= 0.6 is 12.2 Å². The first-order chi connectivity index (χ1) is 14.1. The molecule has 4 nitrogen and oxygen atoms in total. The lowest BCUT2D eigenvalue weighted by Gasteiger charge is -2.12.